The lowest BCUT2D eigenvalue weighted by Gasteiger charge is -2.39. The zero-order valence-electron chi connectivity index (χ0n) is 18.7. The SMILES string of the molecule is C1CCC(CN(CC2CCCCC2)CC2CCC(C3CCNCC3)CC2)CC1. The van der Waals surface area contributed by atoms with Crippen LogP contribution in [0.4, 0.5) is 0 Å². The molecule has 4 rings (SSSR count). The molecule has 0 aromatic carbocycles. The molecule has 1 aliphatic heterocycles. The van der Waals surface area contributed by atoms with Crippen LogP contribution in [0.25, 0.3) is 0 Å². The van der Waals surface area contributed by atoms with Gasteiger partial charge in [-0.1, -0.05) is 38.5 Å². The molecule has 162 valence electrons. The van der Waals surface area contributed by atoms with E-state index in [1.807, 2.05) is 0 Å². The first-order valence-electron chi connectivity index (χ1n) is 13.3. The summed E-state index contributed by atoms with van der Waals surface area (Å²) in [5, 5.41) is 3.56. The molecule has 2 heteroatoms. The van der Waals surface area contributed by atoms with Crippen LogP contribution in [0.3, 0.4) is 0 Å². The van der Waals surface area contributed by atoms with Crippen LogP contribution in [0.5, 0.6) is 0 Å². The Hall–Kier alpha value is -0.0800. The van der Waals surface area contributed by atoms with Gasteiger partial charge in [0.2, 0.25) is 0 Å². The zero-order chi connectivity index (χ0) is 19.0. The Morgan fingerprint density at radius 3 is 1.39 bits per heavy atom. The Bertz CT molecular complexity index is 390. The smallest absolute Gasteiger partial charge is 0.000989 e. The van der Waals surface area contributed by atoms with Gasteiger partial charge in [-0.05, 0) is 107 Å². The summed E-state index contributed by atoms with van der Waals surface area (Å²) in [4.78, 5) is 2.99. The van der Waals surface area contributed by atoms with Crippen molar-refractivity contribution in [3.63, 3.8) is 0 Å². The molecule has 2 nitrogen and oxygen atoms in total. The molecule has 3 aliphatic carbocycles. The number of nitrogens with one attached hydrogen (secondary N) is 1. The summed E-state index contributed by atoms with van der Waals surface area (Å²) in [6.45, 7) is 6.86. The molecule has 1 heterocycles. The van der Waals surface area contributed by atoms with Crippen molar-refractivity contribution in [1.29, 1.82) is 0 Å². The Balaban J connectivity index is 1.26. The second-order valence-corrected chi connectivity index (χ2v) is 11.1. The van der Waals surface area contributed by atoms with Crippen molar-refractivity contribution in [3.05, 3.63) is 0 Å². The Morgan fingerprint density at radius 2 is 0.893 bits per heavy atom. The summed E-state index contributed by atoms with van der Waals surface area (Å²) >= 11 is 0. The van der Waals surface area contributed by atoms with Crippen molar-refractivity contribution in [1.82, 2.24) is 10.2 Å². The van der Waals surface area contributed by atoms with Gasteiger partial charge in [-0.3, -0.25) is 0 Å². The number of hydrogen-bond acceptors (Lipinski definition) is 2. The van der Waals surface area contributed by atoms with Crippen LogP contribution >= 0.6 is 0 Å². The largest absolute Gasteiger partial charge is 0.317 e. The molecular weight excluding hydrogens is 340 g/mol. The van der Waals surface area contributed by atoms with E-state index in [0.717, 1.165) is 29.6 Å². The maximum absolute atomic E-state index is 3.56. The van der Waals surface area contributed by atoms with Gasteiger partial charge in [0.15, 0.2) is 0 Å². The Kier molecular flexibility index (Phi) is 8.58. The molecule has 0 unspecified atom stereocenters. The van der Waals surface area contributed by atoms with E-state index in [0.29, 0.717) is 0 Å². The fraction of sp³-hybridized carbons (Fsp3) is 1.00. The molecule has 0 aromatic heterocycles. The van der Waals surface area contributed by atoms with E-state index < -0.39 is 0 Å². The van der Waals surface area contributed by atoms with Gasteiger partial charge < -0.3 is 10.2 Å². The zero-order valence-corrected chi connectivity index (χ0v) is 18.7. The summed E-state index contributed by atoms with van der Waals surface area (Å²) in [6, 6.07) is 0. The lowest BCUT2D eigenvalue weighted by Crippen LogP contribution is -2.40. The molecule has 1 N–H and O–H groups in total. The van der Waals surface area contributed by atoms with Crippen molar-refractivity contribution >= 4 is 0 Å². The number of nitrogens with zero attached hydrogens (tertiary/aromatic N) is 1. The molecule has 3 saturated carbocycles. The van der Waals surface area contributed by atoms with Crippen molar-refractivity contribution in [2.24, 2.45) is 29.6 Å². The Morgan fingerprint density at radius 1 is 0.464 bits per heavy atom. The summed E-state index contributed by atoms with van der Waals surface area (Å²) < 4.78 is 0. The quantitative estimate of drug-likeness (QED) is 0.554. The molecule has 1 saturated heterocycles. The van der Waals surface area contributed by atoms with Crippen LogP contribution in [0.15, 0.2) is 0 Å². The highest BCUT2D eigenvalue weighted by Crippen LogP contribution is 2.38. The molecule has 4 aliphatic rings. The average molecular weight is 389 g/mol. The standard InChI is InChI=1S/C26H48N2/c1-3-7-22(8-4-1)19-28(20-23-9-5-2-6-10-23)21-24-11-13-25(14-12-24)26-15-17-27-18-16-26/h22-27H,1-21H2. The highest BCUT2D eigenvalue weighted by Gasteiger charge is 2.30. The first kappa shape index (κ1) is 21.2. The molecule has 28 heavy (non-hydrogen) atoms. The summed E-state index contributed by atoms with van der Waals surface area (Å²) in [7, 11) is 0. The molecule has 0 aromatic rings. The maximum Gasteiger partial charge on any atom is 0.000989 e. The van der Waals surface area contributed by atoms with Gasteiger partial charge in [0, 0.05) is 19.6 Å². The highest BCUT2D eigenvalue weighted by molar-refractivity contribution is 4.83. The fourth-order valence-electron chi connectivity index (χ4n) is 7.22. The Labute approximate surface area is 175 Å². The van der Waals surface area contributed by atoms with Gasteiger partial charge in [0.1, 0.15) is 0 Å². The van der Waals surface area contributed by atoms with E-state index >= 15 is 0 Å². The van der Waals surface area contributed by atoms with Gasteiger partial charge in [0.05, 0.1) is 0 Å². The minimum Gasteiger partial charge on any atom is -0.317 e. The number of hydrogen-bond donors (Lipinski definition) is 1. The minimum atomic E-state index is 1.00. The predicted molar refractivity (Wildman–Crippen MR) is 121 cm³/mol. The third kappa shape index (κ3) is 6.46. The fourth-order valence-corrected chi connectivity index (χ4v) is 7.22. The predicted octanol–water partition coefficient (Wildman–Crippen LogP) is 6.26. The minimum absolute atomic E-state index is 1.00. The van der Waals surface area contributed by atoms with E-state index in [9.17, 15) is 0 Å². The van der Waals surface area contributed by atoms with Gasteiger partial charge in [-0.25, -0.2) is 0 Å². The van der Waals surface area contributed by atoms with Crippen LogP contribution in [-0.2, 0) is 0 Å². The van der Waals surface area contributed by atoms with E-state index in [1.165, 1.54) is 135 Å². The normalized spacial score (nSPS) is 32.0. The van der Waals surface area contributed by atoms with E-state index in [4.69, 9.17) is 0 Å². The molecule has 0 spiro atoms. The first-order chi connectivity index (χ1) is 13.9. The summed E-state index contributed by atoms with van der Waals surface area (Å²) in [6.07, 6.45) is 24.1. The lowest BCUT2D eigenvalue weighted by atomic mass is 9.73. The second kappa shape index (κ2) is 11.3. The van der Waals surface area contributed by atoms with E-state index in [-0.39, 0.29) is 0 Å². The molecule has 0 bridgehead atoms. The molecule has 0 atom stereocenters. The van der Waals surface area contributed by atoms with Crippen LogP contribution in [0.2, 0.25) is 0 Å². The van der Waals surface area contributed by atoms with Gasteiger partial charge >= 0.3 is 0 Å². The summed E-state index contributed by atoms with van der Waals surface area (Å²) in [5.41, 5.74) is 0. The van der Waals surface area contributed by atoms with E-state index in [2.05, 4.69) is 10.2 Å². The van der Waals surface area contributed by atoms with Crippen molar-refractivity contribution in [3.8, 4) is 0 Å². The summed E-state index contributed by atoms with van der Waals surface area (Å²) in [5.74, 6) is 5.14. The number of rotatable bonds is 7. The third-order valence-corrected chi connectivity index (χ3v) is 8.94. The molecule has 0 radical (unpaired) electrons. The average Bonchev–Trinajstić information content (AvgIpc) is 2.76. The molecule has 4 fully saturated rings. The second-order valence-electron chi connectivity index (χ2n) is 11.1. The van der Waals surface area contributed by atoms with Crippen molar-refractivity contribution < 1.29 is 0 Å². The topological polar surface area (TPSA) is 15.3 Å². The van der Waals surface area contributed by atoms with Crippen molar-refractivity contribution in [2.75, 3.05) is 32.7 Å². The van der Waals surface area contributed by atoms with Gasteiger partial charge in [-0.15, -0.1) is 0 Å². The number of piperidine rings is 1. The highest BCUT2D eigenvalue weighted by atomic mass is 15.1. The molecular formula is C26H48N2. The van der Waals surface area contributed by atoms with Crippen LogP contribution in [0.1, 0.15) is 103 Å². The van der Waals surface area contributed by atoms with Gasteiger partial charge in [0.25, 0.3) is 0 Å². The monoisotopic (exact) mass is 388 g/mol. The van der Waals surface area contributed by atoms with Gasteiger partial charge in [-0.2, -0.15) is 0 Å². The lowest BCUT2D eigenvalue weighted by molar-refractivity contribution is 0.108. The van der Waals surface area contributed by atoms with E-state index in [1.54, 1.807) is 0 Å². The third-order valence-electron chi connectivity index (χ3n) is 8.94. The first-order valence-corrected chi connectivity index (χ1v) is 13.3. The van der Waals surface area contributed by atoms with Crippen molar-refractivity contribution in [2.45, 2.75) is 103 Å². The maximum atomic E-state index is 3.56. The van der Waals surface area contributed by atoms with Crippen LogP contribution in [0, 0.1) is 29.6 Å². The van der Waals surface area contributed by atoms with Crippen LogP contribution < -0.4 is 5.32 Å². The molecule has 0 amide bonds. The van der Waals surface area contributed by atoms with Crippen LogP contribution in [-0.4, -0.2) is 37.6 Å².